The quantitative estimate of drug-likeness (QED) is 0.809. The molecule has 114 valence electrons. The summed E-state index contributed by atoms with van der Waals surface area (Å²) in [5.41, 5.74) is 1.89. The molecular formula is C15H23N5O. The van der Waals surface area contributed by atoms with Gasteiger partial charge in [0.25, 0.3) is 0 Å². The third-order valence-corrected chi connectivity index (χ3v) is 3.02. The molecule has 0 saturated carbocycles. The Morgan fingerprint density at radius 2 is 2.10 bits per heavy atom. The highest BCUT2D eigenvalue weighted by Gasteiger charge is 2.10. The number of hydrogen-bond acceptors (Lipinski definition) is 5. The molecule has 2 aromatic rings. The maximum Gasteiger partial charge on any atom is 0.157 e. The standard InChI is InChI=1S/C15H23N5O/c1-4-7-16-14-10-12(18-15(19-14)11-21-3)13-6-8-17-20(13)9-5-2/h6,8,10H,4-5,7,9,11H2,1-3H3,(H,16,18,19). The van der Waals surface area contributed by atoms with Crippen LogP contribution >= 0.6 is 0 Å². The van der Waals surface area contributed by atoms with Gasteiger partial charge in [0.15, 0.2) is 5.82 Å². The molecule has 0 spiro atoms. The van der Waals surface area contributed by atoms with Gasteiger partial charge in [-0.1, -0.05) is 13.8 Å². The Balaban J connectivity index is 2.36. The van der Waals surface area contributed by atoms with Crippen LogP contribution in [0.4, 0.5) is 5.82 Å². The molecule has 21 heavy (non-hydrogen) atoms. The van der Waals surface area contributed by atoms with Crippen molar-refractivity contribution < 1.29 is 4.74 Å². The summed E-state index contributed by atoms with van der Waals surface area (Å²) in [5, 5.41) is 7.66. The second kappa shape index (κ2) is 7.73. The van der Waals surface area contributed by atoms with E-state index in [4.69, 9.17) is 4.74 Å². The van der Waals surface area contributed by atoms with Gasteiger partial charge in [-0.3, -0.25) is 4.68 Å². The predicted octanol–water partition coefficient (Wildman–Crippen LogP) is 2.72. The van der Waals surface area contributed by atoms with Crippen molar-refractivity contribution in [2.45, 2.75) is 39.8 Å². The van der Waals surface area contributed by atoms with Gasteiger partial charge in [-0.05, 0) is 18.9 Å². The Morgan fingerprint density at radius 1 is 1.24 bits per heavy atom. The maximum absolute atomic E-state index is 5.16. The van der Waals surface area contributed by atoms with E-state index >= 15 is 0 Å². The lowest BCUT2D eigenvalue weighted by Crippen LogP contribution is -2.08. The van der Waals surface area contributed by atoms with Gasteiger partial charge in [0.1, 0.15) is 12.4 Å². The van der Waals surface area contributed by atoms with E-state index in [1.54, 1.807) is 7.11 Å². The van der Waals surface area contributed by atoms with Crippen LogP contribution in [0.1, 0.15) is 32.5 Å². The van der Waals surface area contributed by atoms with E-state index in [9.17, 15) is 0 Å². The van der Waals surface area contributed by atoms with Crippen LogP contribution in [0.2, 0.25) is 0 Å². The second-order valence-electron chi connectivity index (χ2n) is 4.85. The highest BCUT2D eigenvalue weighted by molar-refractivity contribution is 5.58. The van der Waals surface area contributed by atoms with Gasteiger partial charge in [0.2, 0.25) is 0 Å². The number of nitrogens with zero attached hydrogens (tertiary/aromatic N) is 4. The summed E-state index contributed by atoms with van der Waals surface area (Å²) in [5.74, 6) is 1.51. The van der Waals surface area contributed by atoms with Crippen molar-refractivity contribution in [1.29, 1.82) is 0 Å². The first-order valence-corrected chi connectivity index (χ1v) is 7.41. The van der Waals surface area contributed by atoms with E-state index < -0.39 is 0 Å². The number of aryl methyl sites for hydroxylation is 1. The molecule has 2 aromatic heterocycles. The van der Waals surface area contributed by atoms with Crippen LogP contribution in [0, 0.1) is 0 Å². The van der Waals surface area contributed by atoms with Crippen LogP contribution in [0.15, 0.2) is 18.3 Å². The molecule has 0 fully saturated rings. The Bertz CT molecular complexity index is 567. The van der Waals surface area contributed by atoms with Crippen molar-refractivity contribution in [3.05, 3.63) is 24.2 Å². The van der Waals surface area contributed by atoms with Crippen LogP contribution in [-0.2, 0) is 17.9 Å². The Kier molecular flexibility index (Phi) is 5.68. The van der Waals surface area contributed by atoms with Crippen molar-refractivity contribution >= 4 is 5.82 Å². The average molecular weight is 289 g/mol. The third-order valence-electron chi connectivity index (χ3n) is 3.02. The van der Waals surface area contributed by atoms with Crippen LogP contribution in [0.5, 0.6) is 0 Å². The van der Waals surface area contributed by atoms with Crippen molar-refractivity contribution in [3.8, 4) is 11.4 Å². The first-order chi connectivity index (χ1) is 10.3. The molecule has 0 aliphatic carbocycles. The Hall–Kier alpha value is -1.95. The summed E-state index contributed by atoms with van der Waals surface area (Å²) in [6, 6.07) is 3.95. The molecule has 0 aliphatic rings. The van der Waals surface area contributed by atoms with Crippen LogP contribution < -0.4 is 5.32 Å². The van der Waals surface area contributed by atoms with Crippen molar-refractivity contribution in [1.82, 2.24) is 19.7 Å². The molecule has 0 atom stereocenters. The normalized spacial score (nSPS) is 10.8. The fourth-order valence-electron chi connectivity index (χ4n) is 2.11. The predicted molar refractivity (Wildman–Crippen MR) is 83.0 cm³/mol. The van der Waals surface area contributed by atoms with E-state index in [0.717, 1.165) is 43.1 Å². The van der Waals surface area contributed by atoms with E-state index in [-0.39, 0.29) is 0 Å². The van der Waals surface area contributed by atoms with E-state index in [1.165, 1.54) is 0 Å². The van der Waals surface area contributed by atoms with Gasteiger partial charge < -0.3 is 10.1 Å². The molecule has 0 aromatic carbocycles. The molecule has 6 heteroatoms. The Morgan fingerprint density at radius 3 is 2.81 bits per heavy atom. The summed E-state index contributed by atoms with van der Waals surface area (Å²) in [7, 11) is 1.65. The smallest absolute Gasteiger partial charge is 0.157 e. The van der Waals surface area contributed by atoms with Gasteiger partial charge in [0, 0.05) is 32.5 Å². The van der Waals surface area contributed by atoms with Crippen molar-refractivity contribution in [2.24, 2.45) is 0 Å². The lowest BCUT2D eigenvalue weighted by Gasteiger charge is -2.10. The van der Waals surface area contributed by atoms with E-state index in [1.807, 2.05) is 23.0 Å². The first-order valence-electron chi connectivity index (χ1n) is 7.41. The molecule has 0 radical (unpaired) electrons. The molecule has 0 amide bonds. The second-order valence-corrected chi connectivity index (χ2v) is 4.85. The molecule has 1 N–H and O–H groups in total. The zero-order valence-corrected chi connectivity index (χ0v) is 13.0. The van der Waals surface area contributed by atoms with Gasteiger partial charge in [-0.15, -0.1) is 0 Å². The van der Waals surface area contributed by atoms with Gasteiger partial charge in [-0.2, -0.15) is 5.10 Å². The molecular weight excluding hydrogens is 266 g/mol. The third kappa shape index (κ3) is 4.01. The molecule has 0 saturated heterocycles. The van der Waals surface area contributed by atoms with Crippen molar-refractivity contribution in [3.63, 3.8) is 0 Å². The van der Waals surface area contributed by atoms with Crippen molar-refractivity contribution in [2.75, 3.05) is 19.0 Å². The molecule has 0 aliphatic heterocycles. The number of nitrogens with one attached hydrogen (secondary N) is 1. The fourth-order valence-corrected chi connectivity index (χ4v) is 2.11. The average Bonchev–Trinajstić information content (AvgIpc) is 2.94. The fraction of sp³-hybridized carbons (Fsp3) is 0.533. The largest absolute Gasteiger partial charge is 0.377 e. The minimum Gasteiger partial charge on any atom is -0.377 e. The SMILES string of the molecule is CCCNc1cc(-c2ccnn2CCC)nc(COC)n1. The number of anilines is 1. The summed E-state index contributed by atoms with van der Waals surface area (Å²) < 4.78 is 7.14. The monoisotopic (exact) mass is 289 g/mol. The summed E-state index contributed by atoms with van der Waals surface area (Å²) in [6.45, 7) is 6.43. The summed E-state index contributed by atoms with van der Waals surface area (Å²) in [6.07, 6.45) is 3.89. The van der Waals surface area contributed by atoms with Crippen LogP contribution in [0.3, 0.4) is 0 Å². The summed E-state index contributed by atoms with van der Waals surface area (Å²) >= 11 is 0. The first kappa shape index (κ1) is 15.4. The van der Waals surface area contributed by atoms with Crippen LogP contribution in [0.25, 0.3) is 11.4 Å². The number of hydrogen-bond donors (Lipinski definition) is 1. The maximum atomic E-state index is 5.16. The summed E-state index contributed by atoms with van der Waals surface area (Å²) in [4.78, 5) is 9.05. The Labute approximate surface area is 125 Å². The van der Waals surface area contributed by atoms with E-state index in [2.05, 4.69) is 34.2 Å². The molecule has 2 heterocycles. The molecule has 6 nitrogen and oxygen atoms in total. The molecule has 2 rings (SSSR count). The minimum absolute atomic E-state index is 0.399. The van der Waals surface area contributed by atoms with Gasteiger partial charge in [-0.25, -0.2) is 9.97 Å². The number of ether oxygens (including phenoxy) is 1. The number of aromatic nitrogens is 4. The van der Waals surface area contributed by atoms with E-state index in [0.29, 0.717) is 12.4 Å². The highest BCUT2D eigenvalue weighted by atomic mass is 16.5. The van der Waals surface area contributed by atoms with Gasteiger partial charge in [0.05, 0.1) is 11.4 Å². The number of rotatable bonds is 8. The highest BCUT2D eigenvalue weighted by Crippen LogP contribution is 2.20. The lowest BCUT2D eigenvalue weighted by atomic mass is 10.2. The molecule has 0 unspecified atom stereocenters. The zero-order valence-electron chi connectivity index (χ0n) is 13.0. The number of methoxy groups -OCH3 is 1. The lowest BCUT2D eigenvalue weighted by molar-refractivity contribution is 0.178. The van der Waals surface area contributed by atoms with Gasteiger partial charge >= 0.3 is 0 Å². The topological polar surface area (TPSA) is 64.9 Å². The zero-order chi connectivity index (χ0) is 15.1. The van der Waals surface area contributed by atoms with Crippen LogP contribution in [-0.4, -0.2) is 33.4 Å². The molecule has 0 bridgehead atoms. The minimum atomic E-state index is 0.399.